The van der Waals surface area contributed by atoms with Crippen molar-refractivity contribution in [3.05, 3.63) is 0 Å². The topological polar surface area (TPSA) is 43.4 Å². The van der Waals surface area contributed by atoms with Crippen LogP contribution in [0.4, 0.5) is 0 Å². The van der Waals surface area contributed by atoms with Crippen molar-refractivity contribution in [3.63, 3.8) is 0 Å². The summed E-state index contributed by atoms with van der Waals surface area (Å²) in [5, 5.41) is 0. The van der Waals surface area contributed by atoms with Gasteiger partial charge >= 0.3 is 61.3 Å². The second-order valence-electron chi connectivity index (χ2n) is 0.288. The number of hydrogen-bond acceptors (Lipinski definition) is 3. The molecule has 0 aliphatic heterocycles. The fraction of sp³-hybridized carbons (Fsp3) is 0. The van der Waals surface area contributed by atoms with Gasteiger partial charge in [0.2, 0.25) is 0 Å². The molecular weight excluding hydrogens is 484 g/mol. The van der Waals surface area contributed by atoms with Crippen LogP contribution in [0, 0.1) is 74.1 Å². The molecule has 7 heteroatoms. The van der Waals surface area contributed by atoms with Crippen LogP contribution in [0.5, 0.6) is 0 Å². The van der Waals surface area contributed by atoms with E-state index in [1.165, 1.54) is 0 Å². The molecule has 0 saturated heterocycles. The SMILES string of the molecule is [La].[O]=[V](=[O])[O][Gd].[Y]. The Hall–Kier alpha value is 3.77. The van der Waals surface area contributed by atoms with Crippen LogP contribution in [0.2, 0.25) is 0 Å². The van der Waals surface area contributed by atoms with Crippen LogP contribution in [0.15, 0.2) is 0 Å². The van der Waals surface area contributed by atoms with E-state index >= 15 is 0 Å². The first-order valence-electron chi connectivity index (χ1n) is 0.692. The van der Waals surface area contributed by atoms with E-state index in [4.69, 9.17) is 0 Å². The Kier molecular flexibility index (Phi) is 30.3. The standard InChI is InChI=1S/Gd.La.3O.V.Y. The summed E-state index contributed by atoms with van der Waals surface area (Å²) in [6.45, 7) is 0. The Morgan fingerprint density at radius 1 is 1.43 bits per heavy atom. The largest absolute Gasteiger partial charge is 0 e. The molecule has 0 fully saturated rings. The van der Waals surface area contributed by atoms with Gasteiger partial charge in [-0.2, -0.15) is 0 Å². The second-order valence-corrected chi connectivity index (χ2v) is 2.90. The maximum Gasteiger partial charge on any atom is 0 e. The third kappa shape index (κ3) is 17.7. The summed E-state index contributed by atoms with van der Waals surface area (Å²) in [6.07, 6.45) is 0. The van der Waals surface area contributed by atoms with Crippen LogP contribution < -0.4 is 0 Å². The summed E-state index contributed by atoms with van der Waals surface area (Å²) in [6, 6.07) is 0. The van der Waals surface area contributed by atoms with Crippen molar-refractivity contribution in [2.75, 3.05) is 0 Å². The minimum absolute atomic E-state index is 0. The van der Waals surface area contributed by atoms with E-state index in [-0.39, 0.29) is 68.3 Å². The summed E-state index contributed by atoms with van der Waals surface area (Å²) in [5.74, 6) is 0. The zero-order chi connectivity index (χ0) is 4.28. The van der Waals surface area contributed by atoms with E-state index in [0.29, 0.717) is 0 Å². The van der Waals surface area contributed by atoms with Crippen LogP contribution in [0.25, 0.3) is 0 Å². The monoisotopic (exact) mass is 485 g/mol. The Labute approximate surface area is 126 Å². The summed E-state index contributed by atoms with van der Waals surface area (Å²) in [4.78, 5) is 0. The van der Waals surface area contributed by atoms with Gasteiger partial charge in [-0.05, 0) is 0 Å². The smallest absolute Gasteiger partial charge is 0 e. The summed E-state index contributed by atoms with van der Waals surface area (Å²) < 4.78 is 22.4. The normalized spacial score (nSPS) is 5.29. The van der Waals surface area contributed by atoms with E-state index in [1.807, 2.05) is 0 Å². The first-order valence-corrected chi connectivity index (χ1v) is 3.33. The predicted molar refractivity (Wildman–Crippen MR) is 2.46 cm³/mol. The second kappa shape index (κ2) is 12.4. The minimum atomic E-state index is -3.19. The summed E-state index contributed by atoms with van der Waals surface area (Å²) >= 11 is -2.22. The molecule has 37 valence electrons. The molecule has 0 aromatic heterocycles. The number of rotatable bonds is 1. The van der Waals surface area contributed by atoms with Gasteiger partial charge in [0.1, 0.15) is 0 Å². The van der Waals surface area contributed by atoms with Crippen molar-refractivity contribution in [3.8, 4) is 0 Å². The third-order valence-electron chi connectivity index (χ3n) is 0.0527. The molecule has 3 nitrogen and oxygen atoms in total. The maximum atomic E-state index is 9.27. The minimum Gasteiger partial charge on any atom is 0 e. The molecule has 0 rings (SSSR count). The summed E-state index contributed by atoms with van der Waals surface area (Å²) in [5.41, 5.74) is 0. The fourth-order valence-electron chi connectivity index (χ4n) is 0. The van der Waals surface area contributed by atoms with Crippen molar-refractivity contribution >= 4 is 0 Å². The molecule has 0 amide bonds. The van der Waals surface area contributed by atoms with Gasteiger partial charge in [-0.25, -0.2) is 0 Å². The van der Waals surface area contributed by atoms with Gasteiger partial charge in [0, 0.05) is 68.3 Å². The van der Waals surface area contributed by atoms with Crippen LogP contribution in [0.3, 0.4) is 0 Å². The van der Waals surface area contributed by atoms with Gasteiger partial charge in [-0.3, -0.25) is 0 Å². The molecular formula is GdLaO3VY. The average Bonchev–Trinajstić information content (AvgIpc) is 1.38. The van der Waals surface area contributed by atoms with Gasteiger partial charge < -0.3 is 0 Å². The van der Waals surface area contributed by atoms with E-state index in [1.54, 1.807) is 0 Å². The average molecular weight is 484 g/mol. The Bertz CT molecular complexity index is 73.0. The summed E-state index contributed by atoms with van der Waals surface area (Å²) in [7, 11) is 0. The van der Waals surface area contributed by atoms with Crippen molar-refractivity contribution < 1.29 is 130 Å². The van der Waals surface area contributed by atoms with Crippen molar-refractivity contribution in [1.29, 1.82) is 0 Å². The van der Waals surface area contributed by atoms with Crippen molar-refractivity contribution in [2.45, 2.75) is 0 Å². The molecule has 0 bridgehead atoms. The van der Waals surface area contributed by atoms with E-state index < -0.39 is 15.4 Å². The molecule has 2 radical (unpaired) electrons. The maximum absolute atomic E-state index is 9.27. The van der Waals surface area contributed by atoms with Crippen LogP contribution in [-0.2, 0) is 55.6 Å². The molecule has 0 atom stereocenters. The first-order chi connectivity index (χ1) is 2.27. The van der Waals surface area contributed by atoms with Crippen LogP contribution in [0.1, 0.15) is 0 Å². The molecule has 7 heavy (non-hydrogen) atoms. The molecule has 0 saturated carbocycles. The van der Waals surface area contributed by atoms with Gasteiger partial charge in [-0.1, -0.05) is 0 Å². The quantitative estimate of drug-likeness (QED) is 0.514. The van der Waals surface area contributed by atoms with Gasteiger partial charge in [0.25, 0.3) is 0 Å². The zero-order valence-corrected chi connectivity index (χ0v) is 13.3. The molecule has 0 N–H and O–H groups in total. The Morgan fingerprint density at radius 2 is 1.57 bits per heavy atom. The van der Waals surface area contributed by atoms with E-state index in [0.717, 1.165) is 38.5 Å². The number of hydrogen-bond donors (Lipinski definition) is 0. The third-order valence-corrected chi connectivity index (χ3v) is 1.61. The zero-order valence-electron chi connectivity index (χ0n) is 3.18. The van der Waals surface area contributed by atoms with Crippen LogP contribution >= 0.6 is 0 Å². The van der Waals surface area contributed by atoms with E-state index in [9.17, 15) is 7.35 Å². The molecule has 0 aliphatic rings. The molecule has 0 spiro atoms. The van der Waals surface area contributed by atoms with Crippen molar-refractivity contribution in [1.82, 2.24) is 0 Å². The fourth-order valence-corrected chi connectivity index (χ4v) is 0. The Balaban J connectivity index is -0.0000000800. The van der Waals surface area contributed by atoms with Gasteiger partial charge in [0.15, 0.2) is 0 Å². The Morgan fingerprint density at radius 3 is 1.57 bits per heavy atom. The van der Waals surface area contributed by atoms with Crippen molar-refractivity contribution in [2.24, 2.45) is 0 Å². The molecule has 0 aliphatic carbocycles. The predicted octanol–water partition coefficient (Wildman–Crippen LogP) is -0.311. The van der Waals surface area contributed by atoms with Gasteiger partial charge in [0.05, 0.1) is 0 Å². The molecule has 0 aromatic rings. The molecule has 0 aromatic carbocycles. The van der Waals surface area contributed by atoms with E-state index in [2.05, 4.69) is 0.0997 Å². The molecule has 0 unspecified atom stereocenters. The molecule has 0 heterocycles. The van der Waals surface area contributed by atoms with Gasteiger partial charge in [-0.15, -0.1) is 0 Å². The first kappa shape index (κ1) is 17.0. The van der Waals surface area contributed by atoms with Crippen LogP contribution in [-0.4, -0.2) is 0 Å².